The van der Waals surface area contributed by atoms with Crippen LogP contribution in [0.2, 0.25) is 0 Å². The molecule has 1 aliphatic heterocycles. The Morgan fingerprint density at radius 1 is 1.26 bits per heavy atom. The maximum Gasteiger partial charge on any atom is 0.226 e. The van der Waals surface area contributed by atoms with Gasteiger partial charge in [-0.15, -0.1) is 0 Å². The summed E-state index contributed by atoms with van der Waals surface area (Å²) in [5, 5.41) is 0. The molecule has 1 N–H and O–H groups in total. The van der Waals surface area contributed by atoms with Crippen LogP contribution in [0.15, 0.2) is 24.3 Å². The van der Waals surface area contributed by atoms with E-state index >= 15 is 0 Å². The van der Waals surface area contributed by atoms with E-state index in [0.717, 1.165) is 19.4 Å². The Balaban J connectivity index is 1.65. The quantitative estimate of drug-likeness (QED) is 0.802. The van der Waals surface area contributed by atoms with Crippen molar-refractivity contribution >= 4 is 15.9 Å². The smallest absolute Gasteiger partial charge is 0.226 e. The van der Waals surface area contributed by atoms with Crippen LogP contribution >= 0.6 is 0 Å². The van der Waals surface area contributed by atoms with Crippen molar-refractivity contribution in [2.24, 2.45) is 5.92 Å². The lowest BCUT2D eigenvalue weighted by molar-refractivity contribution is -0.140. The van der Waals surface area contributed by atoms with E-state index in [4.69, 9.17) is 4.74 Å². The average Bonchev–Trinajstić information content (AvgIpc) is 2.65. The van der Waals surface area contributed by atoms with Crippen molar-refractivity contribution in [2.45, 2.75) is 57.7 Å². The average molecular weight is 395 g/mol. The van der Waals surface area contributed by atoms with Crippen molar-refractivity contribution in [3.05, 3.63) is 35.4 Å². The van der Waals surface area contributed by atoms with Crippen LogP contribution < -0.4 is 4.72 Å². The first-order chi connectivity index (χ1) is 12.9. The normalized spacial score (nSPS) is 25.9. The van der Waals surface area contributed by atoms with Gasteiger partial charge >= 0.3 is 0 Å². The minimum absolute atomic E-state index is 0.102. The number of sulfonamides is 1. The molecule has 2 aliphatic rings. The number of benzene rings is 1. The van der Waals surface area contributed by atoms with Crippen molar-refractivity contribution in [2.75, 3.05) is 19.4 Å². The van der Waals surface area contributed by atoms with E-state index in [1.807, 2.05) is 24.0 Å². The highest BCUT2D eigenvalue weighted by Crippen LogP contribution is 2.30. The molecule has 3 rings (SSSR count). The standard InChI is InChI=1S/C20H30N2O4S/c1-3-12-26-19-13-16(8-9-18(19)21-27(2,24)25)20(23)22-11-10-15-6-4-5-7-17(15)14-22/h4-7,16,18-19,21H,3,8-14H2,1-2H3/t16-,18-,19-/m0/s1. The van der Waals surface area contributed by atoms with Crippen LogP contribution in [-0.4, -0.2) is 50.8 Å². The van der Waals surface area contributed by atoms with Crippen molar-refractivity contribution in [3.63, 3.8) is 0 Å². The van der Waals surface area contributed by atoms with Gasteiger partial charge in [-0.3, -0.25) is 4.79 Å². The predicted octanol–water partition coefficient (Wildman–Crippen LogP) is 2.08. The first kappa shape index (κ1) is 20.3. The Morgan fingerprint density at radius 2 is 2.00 bits per heavy atom. The van der Waals surface area contributed by atoms with Gasteiger partial charge in [-0.2, -0.15) is 0 Å². The van der Waals surface area contributed by atoms with Crippen LogP contribution in [0, 0.1) is 5.92 Å². The summed E-state index contributed by atoms with van der Waals surface area (Å²) in [7, 11) is -3.30. The van der Waals surface area contributed by atoms with Gasteiger partial charge in [0, 0.05) is 31.7 Å². The fraction of sp³-hybridized carbons (Fsp3) is 0.650. The van der Waals surface area contributed by atoms with Gasteiger partial charge in [0.05, 0.1) is 12.4 Å². The summed E-state index contributed by atoms with van der Waals surface area (Å²) in [6.45, 7) is 4.01. The molecule has 1 aliphatic carbocycles. The summed E-state index contributed by atoms with van der Waals surface area (Å²) in [5.41, 5.74) is 2.55. The fourth-order valence-corrected chi connectivity index (χ4v) is 4.98. The number of nitrogens with zero attached hydrogens (tertiary/aromatic N) is 1. The number of fused-ring (bicyclic) bond motifs is 1. The van der Waals surface area contributed by atoms with Crippen LogP contribution in [0.1, 0.15) is 43.7 Å². The molecule has 1 aromatic carbocycles. The fourth-order valence-electron chi connectivity index (χ4n) is 4.16. The molecule has 0 unspecified atom stereocenters. The molecule has 1 heterocycles. The zero-order valence-electron chi connectivity index (χ0n) is 16.2. The van der Waals surface area contributed by atoms with Gasteiger partial charge < -0.3 is 9.64 Å². The second-order valence-electron chi connectivity index (χ2n) is 7.69. The highest BCUT2D eigenvalue weighted by atomic mass is 32.2. The molecule has 7 heteroatoms. The van der Waals surface area contributed by atoms with Gasteiger partial charge in [-0.25, -0.2) is 13.1 Å². The Hall–Kier alpha value is -1.44. The molecule has 1 amide bonds. The molecular weight excluding hydrogens is 364 g/mol. The van der Waals surface area contributed by atoms with E-state index in [2.05, 4.69) is 16.9 Å². The molecule has 0 aromatic heterocycles. The van der Waals surface area contributed by atoms with Gasteiger partial charge in [0.2, 0.25) is 15.9 Å². The third-order valence-corrected chi connectivity index (χ3v) is 6.22. The molecule has 1 aromatic rings. The Kier molecular flexibility index (Phi) is 6.55. The van der Waals surface area contributed by atoms with Crippen LogP contribution in [-0.2, 0) is 32.5 Å². The molecule has 0 saturated heterocycles. The number of hydrogen-bond donors (Lipinski definition) is 1. The summed E-state index contributed by atoms with van der Waals surface area (Å²) in [5.74, 6) is 0.0714. The van der Waals surface area contributed by atoms with E-state index in [1.165, 1.54) is 17.4 Å². The van der Waals surface area contributed by atoms with Gasteiger partial charge in [0.1, 0.15) is 0 Å². The topological polar surface area (TPSA) is 75.7 Å². The Bertz CT molecular complexity index is 765. The van der Waals surface area contributed by atoms with E-state index < -0.39 is 10.0 Å². The summed E-state index contributed by atoms with van der Waals surface area (Å²) >= 11 is 0. The highest BCUT2D eigenvalue weighted by Gasteiger charge is 2.37. The lowest BCUT2D eigenvalue weighted by Gasteiger charge is -2.38. The van der Waals surface area contributed by atoms with E-state index in [9.17, 15) is 13.2 Å². The number of amides is 1. The summed E-state index contributed by atoms with van der Waals surface area (Å²) in [4.78, 5) is 15.1. The van der Waals surface area contributed by atoms with Crippen molar-refractivity contribution in [1.82, 2.24) is 9.62 Å². The van der Waals surface area contributed by atoms with Gasteiger partial charge in [0.25, 0.3) is 0 Å². The number of rotatable bonds is 6. The predicted molar refractivity (Wildman–Crippen MR) is 105 cm³/mol. The number of nitrogens with one attached hydrogen (secondary N) is 1. The molecule has 0 radical (unpaired) electrons. The Labute approximate surface area is 162 Å². The molecule has 1 fully saturated rings. The van der Waals surface area contributed by atoms with Crippen molar-refractivity contribution in [3.8, 4) is 0 Å². The minimum atomic E-state index is -3.30. The number of hydrogen-bond acceptors (Lipinski definition) is 4. The SMILES string of the molecule is CCCO[C@H]1C[C@@H](C(=O)N2CCc3ccccc3C2)CC[C@@H]1NS(C)(=O)=O. The van der Waals surface area contributed by atoms with E-state index in [-0.39, 0.29) is 24.0 Å². The Morgan fingerprint density at radius 3 is 2.70 bits per heavy atom. The molecule has 27 heavy (non-hydrogen) atoms. The summed E-state index contributed by atoms with van der Waals surface area (Å²) < 4.78 is 31.9. The number of ether oxygens (including phenoxy) is 1. The highest BCUT2D eigenvalue weighted by molar-refractivity contribution is 7.88. The molecule has 3 atom stereocenters. The van der Waals surface area contributed by atoms with Gasteiger partial charge in [-0.1, -0.05) is 31.2 Å². The molecule has 0 spiro atoms. The summed E-state index contributed by atoms with van der Waals surface area (Å²) in [6, 6.07) is 8.03. The van der Waals surface area contributed by atoms with Crippen molar-refractivity contribution in [1.29, 1.82) is 0 Å². The summed E-state index contributed by atoms with van der Waals surface area (Å²) in [6.07, 6.45) is 4.57. The molecule has 150 valence electrons. The molecule has 0 bridgehead atoms. The van der Waals surface area contributed by atoms with Crippen molar-refractivity contribution < 1.29 is 17.9 Å². The van der Waals surface area contributed by atoms with Crippen LogP contribution in [0.4, 0.5) is 0 Å². The maximum atomic E-state index is 13.1. The van der Waals surface area contributed by atoms with Crippen LogP contribution in [0.25, 0.3) is 0 Å². The second-order valence-corrected chi connectivity index (χ2v) is 9.47. The molecule has 6 nitrogen and oxygen atoms in total. The van der Waals surface area contributed by atoms with Crippen LogP contribution in [0.5, 0.6) is 0 Å². The van der Waals surface area contributed by atoms with Gasteiger partial charge in [-0.05, 0) is 43.2 Å². The van der Waals surface area contributed by atoms with E-state index in [0.29, 0.717) is 32.4 Å². The van der Waals surface area contributed by atoms with Gasteiger partial charge in [0.15, 0.2) is 0 Å². The maximum absolute atomic E-state index is 13.1. The monoisotopic (exact) mass is 394 g/mol. The largest absolute Gasteiger partial charge is 0.377 e. The second kappa shape index (κ2) is 8.71. The number of carbonyl (C=O) groups is 1. The zero-order valence-corrected chi connectivity index (χ0v) is 17.0. The third-order valence-electron chi connectivity index (χ3n) is 5.48. The lowest BCUT2D eigenvalue weighted by Crippen LogP contribution is -2.50. The molecular formula is C20H30N2O4S. The zero-order chi connectivity index (χ0) is 19.4. The van der Waals surface area contributed by atoms with E-state index in [1.54, 1.807) is 0 Å². The first-order valence-electron chi connectivity index (χ1n) is 9.82. The molecule has 1 saturated carbocycles. The third kappa shape index (κ3) is 5.30. The first-order valence-corrected chi connectivity index (χ1v) is 11.7. The lowest BCUT2D eigenvalue weighted by atomic mass is 9.83. The minimum Gasteiger partial charge on any atom is -0.377 e. The number of carbonyl (C=O) groups excluding carboxylic acids is 1. The van der Waals surface area contributed by atoms with Crippen LogP contribution in [0.3, 0.4) is 0 Å².